The van der Waals surface area contributed by atoms with Gasteiger partial charge in [0, 0.05) is 108 Å². The Morgan fingerprint density at radius 1 is 0.260 bits per heavy atom. The Bertz CT molecular complexity index is 3500. The third kappa shape index (κ3) is 80.9. The zero-order valence-corrected chi connectivity index (χ0v) is 91.9. The van der Waals surface area contributed by atoms with Crippen LogP contribution < -0.4 is 37.0 Å². The van der Waals surface area contributed by atoms with Gasteiger partial charge in [0.05, 0.1) is 0 Å². The van der Waals surface area contributed by atoms with E-state index in [-0.39, 0.29) is 43.3 Å². The van der Waals surface area contributed by atoms with Crippen LogP contribution in [0.5, 0.6) is 0 Å². The number of hydrogen-bond acceptors (Lipinski definition) is 33. The maximum absolute atomic E-state index is 13.9. The molecule has 146 heavy (non-hydrogen) atoms. The van der Waals surface area contributed by atoms with Gasteiger partial charge in [0.25, 0.3) is 11.8 Å². The van der Waals surface area contributed by atoms with E-state index in [1.165, 1.54) is 135 Å². The first-order valence-electron chi connectivity index (χ1n) is 55.4. The number of hydrogen-bond donors (Lipinski definition) is 11. The molecule has 42 heteroatoms. The van der Waals surface area contributed by atoms with Crippen molar-refractivity contribution in [2.24, 2.45) is 5.92 Å². The second kappa shape index (κ2) is 90.8. The smallest absolute Gasteiger partial charge is 0.376 e. The van der Waals surface area contributed by atoms with Gasteiger partial charge in [-0.15, -0.1) is 0 Å². The van der Waals surface area contributed by atoms with Crippen molar-refractivity contribution in [2.45, 2.75) is 492 Å². The quantitative estimate of drug-likeness (QED) is 0.0117. The molecular formula is C104H193B4N9O29. The normalized spacial score (nSPS) is 13.1. The van der Waals surface area contributed by atoms with Crippen LogP contribution in [0.4, 0.5) is 0 Å². The molecule has 0 rings (SSSR count). The molecule has 0 aromatic heterocycles. The topological polar surface area (TPSA) is 520 Å². The molecule has 0 aliphatic rings. The van der Waals surface area contributed by atoms with Crippen molar-refractivity contribution >= 4 is 117 Å². The van der Waals surface area contributed by atoms with Crippen LogP contribution in [0.2, 0.25) is 27.3 Å². The lowest BCUT2D eigenvalue weighted by molar-refractivity contribution is -0.203. The van der Waals surface area contributed by atoms with Crippen LogP contribution in [0.15, 0.2) is 0 Å². The van der Waals surface area contributed by atoms with Gasteiger partial charge >= 0.3 is 87.9 Å². The Kier molecular flexibility index (Phi) is 85.9. The fourth-order valence-electron chi connectivity index (χ4n) is 17.6. The van der Waals surface area contributed by atoms with E-state index in [1.807, 2.05) is 0 Å². The van der Waals surface area contributed by atoms with Gasteiger partial charge in [-0.3, -0.25) is 71.9 Å². The number of unbranched alkanes of at least 4 members (excludes halogenated alkanes) is 45. The largest absolute Gasteiger partial charge is 0.462 e. The van der Waals surface area contributed by atoms with Crippen molar-refractivity contribution in [3.8, 4) is 0 Å². The lowest BCUT2D eigenvalue weighted by Crippen LogP contribution is -2.57. The van der Waals surface area contributed by atoms with Crippen LogP contribution in [-0.4, -0.2) is 281 Å². The summed E-state index contributed by atoms with van der Waals surface area (Å²) in [5.41, 5.74) is 0. The number of carbonyl (C=O) groups is 15. The summed E-state index contributed by atoms with van der Waals surface area (Å²) in [6.07, 6.45) is 40.5. The number of nitrogens with one attached hydrogen (secondary N) is 7. The second-order valence-electron chi connectivity index (χ2n) is 39.4. The van der Waals surface area contributed by atoms with Gasteiger partial charge in [-0.05, 0) is 137 Å². The summed E-state index contributed by atoms with van der Waals surface area (Å²) in [6, 6.07) is -0.917. The lowest BCUT2D eigenvalue weighted by atomic mass is 9.80. The first kappa shape index (κ1) is 138. The van der Waals surface area contributed by atoms with Crippen LogP contribution in [0, 0.1) is 5.92 Å². The number of nitrogens with zero attached hydrogens (tertiary/aromatic N) is 2. The third-order valence-electron chi connectivity index (χ3n) is 25.2. The number of carbonyl (C=O) groups excluding carboxylic acids is 15. The zero-order chi connectivity index (χ0) is 109. The summed E-state index contributed by atoms with van der Waals surface area (Å²) in [7, 11) is -2.50. The number of esters is 10. The highest BCUT2D eigenvalue weighted by atomic mass is 16.7. The minimum absolute atomic E-state index is 0.00000579. The number of amides is 5. The Balaban J connectivity index is 5.16. The highest BCUT2D eigenvalue weighted by molar-refractivity contribution is 6.46. The van der Waals surface area contributed by atoms with E-state index in [2.05, 4.69) is 46.7 Å². The summed E-state index contributed by atoms with van der Waals surface area (Å²) >= 11 is 0. The van der Waals surface area contributed by atoms with Crippen LogP contribution in [0.3, 0.4) is 0 Å². The molecule has 0 fully saturated rings. The molecule has 0 aliphatic carbocycles. The van der Waals surface area contributed by atoms with E-state index < -0.39 is 168 Å². The Hall–Kier alpha value is -8.01. The predicted octanol–water partition coefficient (Wildman–Crippen LogP) is 13.0. The van der Waals surface area contributed by atoms with Crippen LogP contribution >= 0.6 is 0 Å². The molecule has 840 valence electrons. The fourth-order valence-corrected chi connectivity index (χ4v) is 17.6. The lowest BCUT2D eigenvalue weighted by Gasteiger charge is -2.34. The monoisotopic (exact) mass is 2080 g/mol. The maximum atomic E-state index is 13.9. The van der Waals surface area contributed by atoms with Crippen molar-refractivity contribution in [1.82, 2.24) is 46.7 Å². The summed E-state index contributed by atoms with van der Waals surface area (Å²) in [6.45, 7) is 21.2. The summed E-state index contributed by atoms with van der Waals surface area (Å²) in [4.78, 5) is 193. The van der Waals surface area contributed by atoms with E-state index in [1.54, 1.807) is 27.3 Å². The molecule has 0 aromatic carbocycles. The first-order chi connectivity index (χ1) is 69.7. The first-order valence-corrected chi connectivity index (χ1v) is 55.4. The average Bonchev–Trinajstić information content (AvgIpc) is 0.819. The van der Waals surface area contributed by atoms with Crippen LogP contribution in [0.1, 0.15) is 410 Å². The Morgan fingerprint density at radius 3 is 0.774 bits per heavy atom. The van der Waals surface area contributed by atoms with Gasteiger partial charge < -0.3 is 114 Å². The van der Waals surface area contributed by atoms with Crippen molar-refractivity contribution in [2.75, 3.05) is 78.7 Å². The molecule has 0 aromatic rings. The summed E-state index contributed by atoms with van der Waals surface area (Å²) < 4.78 is 52.7. The molecule has 0 saturated heterocycles. The van der Waals surface area contributed by atoms with Gasteiger partial charge in [0.2, 0.25) is 29.9 Å². The van der Waals surface area contributed by atoms with Crippen LogP contribution in [-0.2, 0) is 119 Å². The van der Waals surface area contributed by atoms with E-state index in [9.17, 15) is 92.0 Å². The van der Waals surface area contributed by atoms with E-state index >= 15 is 0 Å². The van der Waals surface area contributed by atoms with Gasteiger partial charge in [-0.1, -0.05) is 263 Å². The van der Waals surface area contributed by atoms with Gasteiger partial charge in [0.15, 0.2) is 36.6 Å². The molecule has 1 unspecified atom stereocenters. The summed E-state index contributed by atoms with van der Waals surface area (Å²) in [5, 5.41) is 61.7. The minimum atomic E-state index is -1.82. The molecule has 0 heterocycles. The predicted molar refractivity (Wildman–Crippen MR) is 564 cm³/mol. The average molecular weight is 2080 g/mol. The van der Waals surface area contributed by atoms with Crippen molar-refractivity contribution < 1.29 is 139 Å². The Labute approximate surface area is 875 Å². The van der Waals surface area contributed by atoms with Crippen molar-refractivity contribution in [3.63, 3.8) is 0 Å². The molecule has 0 bridgehead atoms. The molecule has 0 aliphatic heterocycles. The van der Waals surface area contributed by atoms with Gasteiger partial charge in [0.1, 0.15) is 19.3 Å². The number of rotatable bonds is 97. The van der Waals surface area contributed by atoms with Gasteiger partial charge in [-0.25, -0.2) is 0 Å². The zero-order valence-electron chi connectivity index (χ0n) is 91.9. The van der Waals surface area contributed by atoms with E-state index in [4.69, 9.17) is 47.4 Å². The number of ether oxygens (including phenoxy) is 10. The molecule has 9 atom stereocenters. The fraction of sp³-hybridized carbons (Fsp3) is 0.856. The second-order valence-corrected chi connectivity index (χ2v) is 39.4. The SMILES string of the molecule is CB(O)NCCCCN(CC(CCCCCCNC(=O)C(CNC(=O)CCCCCCCCCCCCCCCCCCCCCCCNC(=O)[C@@H](OC(C)=O)[C@H](OC(C)=O)[C@@H](OC(C)=O)[C@@H](COC(C)=O)OC(C)=O)NC(=O)CCCCCCCCCCCCCCCCCCCCCCCNC(=O)[C@H](OC(C)=O)[C@@H](OC(C)=O)[C@H](OC(C)=O)[C@H](COC(C)=O)OC(C)=O)CN(CCCCNB(C)O)B(C)O)B(C)O. The molecular weight excluding hydrogens is 1880 g/mol. The highest BCUT2D eigenvalue weighted by Gasteiger charge is 2.49. The minimum Gasteiger partial charge on any atom is -0.462 e. The maximum Gasteiger partial charge on any atom is 0.376 e. The summed E-state index contributed by atoms with van der Waals surface area (Å²) in [5.74, 6) is -10.8. The Morgan fingerprint density at radius 2 is 0.507 bits per heavy atom. The van der Waals surface area contributed by atoms with Crippen molar-refractivity contribution in [1.29, 1.82) is 0 Å². The highest BCUT2D eigenvalue weighted by Crippen LogP contribution is 2.27. The molecule has 0 radical (unpaired) electrons. The molecule has 0 saturated carbocycles. The third-order valence-corrected chi connectivity index (χ3v) is 25.2. The molecule has 38 nitrogen and oxygen atoms in total. The molecule has 5 amide bonds. The molecule has 11 N–H and O–H groups in total. The van der Waals surface area contributed by atoms with Crippen LogP contribution in [0.25, 0.3) is 0 Å². The van der Waals surface area contributed by atoms with E-state index in [0.717, 1.165) is 243 Å². The standard InChI is InChI=1S/C104H193B4N9O29/c1-80(118)137-78-92(139-82(3)120)96(141-84(5)122)98(143-86(7)124)100(145-88(9)126)103(131)110-69-58-52-47-43-39-35-31-27-23-19-15-17-21-25-29-33-37-41-45-49-56-66-94(128)112-75-91(102(130)109-68-60-54-51-55-65-90(76-116(107(13)135)73-63-61-71-113-105(11)133)77-117(108(14)136)74-64-62-72-114-106(12)134)115-95(129)67-57-50-46-42-38-34-30-26-22-18-16-20-24-28-32-36-40-44-48-53-59-70-111-104(132)101(146-89(10)127)99(144-87(8)125)97(142-85(6)123)93(140-83(4)121)79-138-81(2)119/h90-93,96-101,113-114,133-136H,15-79H2,1-14H3,(H,109,130)(H,110,131)(H,111,132)(H,112,128)(H,115,129)/t91?,92-,93+,96+,97-,98-,99+,100+,101-/m1/s1. The van der Waals surface area contributed by atoms with Crippen molar-refractivity contribution in [3.05, 3.63) is 0 Å². The van der Waals surface area contributed by atoms with E-state index in [0.29, 0.717) is 77.9 Å². The molecule has 0 spiro atoms. The van der Waals surface area contributed by atoms with Gasteiger partial charge in [-0.2, -0.15) is 0 Å².